The maximum atomic E-state index is 13.4. The number of aryl methyl sites for hydroxylation is 1. The number of halogens is 1. The lowest BCUT2D eigenvalue weighted by atomic mass is 9.82. The molecule has 0 N–H and O–H groups in total. The van der Waals surface area contributed by atoms with Gasteiger partial charge in [0, 0.05) is 0 Å². The third kappa shape index (κ3) is 4.47. The number of esters is 1. The van der Waals surface area contributed by atoms with Gasteiger partial charge in [0.25, 0.3) is 0 Å². The Morgan fingerprint density at radius 3 is 2.61 bits per heavy atom. The molecule has 0 atom stereocenters. The predicted molar refractivity (Wildman–Crippen MR) is 69.9 cm³/mol. The fourth-order valence-corrected chi connectivity index (χ4v) is 1.96. The highest BCUT2D eigenvalue weighted by Crippen LogP contribution is 2.27. The largest absolute Gasteiger partial charge is 0.466 e. The zero-order valence-corrected chi connectivity index (χ0v) is 11.5. The number of ether oxygens (including phenoxy) is 1. The lowest BCUT2D eigenvalue weighted by molar-refractivity contribution is -0.145. The topological polar surface area (TPSA) is 26.3 Å². The normalized spacial score (nSPS) is 11.4. The highest BCUT2D eigenvalue weighted by molar-refractivity contribution is 5.70. The molecule has 0 unspecified atom stereocenters. The Morgan fingerprint density at radius 1 is 1.39 bits per heavy atom. The Hall–Kier alpha value is -1.38. The van der Waals surface area contributed by atoms with Crippen molar-refractivity contribution in [2.24, 2.45) is 5.41 Å². The molecule has 0 heterocycles. The fraction of sp³-hybridized carbons (Fsp3) is 0.533. The van der Waals surface area contributed by atoms with Crippen molar-refractivity contribution < 1.29 is 13.9 Å². The van der Waals surface area contributed by atoms with E-state index in [-0.39, 0.29) is 17.2 Å². The van der Waals surface area contributed by atoms with E-state index in [0.29, 0.717) is 25.0 Å². The minimum Gasteiger partial charge on any atom is -0.466 e. The summed E-state index contributed by atoms with van der Waals surface area (Å²) in [6.07, 6.45) is 0.999. The van der Waals surface area contributed by atoms with Crippen LogP contribution in [0.3, 0.4) is 0 Å². The predicted octanol–water partition coefficient (Wildman–Crippen LogP) is 3.66. The fourth-order valence-electron chi connectivity index (χ4n) is 1.96. The van der Waals surface area contributed by atoms with Gasteiger partial charge < -0.3 is 4.74 Å². The van der Waals surface area contributed by atoms with Crippen LogP contribution < -0.4 is 0 Å². The molecule has 0 aromatic heterocycles. The van der Waals surface area contributed by atoms with Crippen molar-refractivity contribution in [2.45, 2.75) is 40.5 Å². The molecule has 1 aromatic carbocycles. The molecular formula is C15H21FO2. The highest BCUT2D eigenvalue weighted by atomic mass is 19.1. The van der Waals surface area contributed by atoms with E-state index >= 15 is 0 Å². The molecule has 0 bridgehead atoms. The Bertz CT molecular complexity index is 425. The molecule has 0 aliphatic rings. The van der Waals surface area contributed by atoms with Gasteiger partial charge in [-0.05, 0) is 42.9 Å². The Balaban J connectivity index is 2.69. The van der Waals surface area contributed by atoms with Gasteiger partial charge in [0.15, 0.2) is 0 Å². The Labute approximate surface area is 108 Å². The quantitative estimate of drug-likeness (QED) is 0.748. The van der Waals surface area contributed by atoms with Gasteiger partial charge in [-0.1, -0.05) is 26.0 Å². The number of rotatable bonds is 5. The van der Waals surface area contributed by atoms with Crippen molar-refractivity contribution in [2.75, 3.05) is 6.61 Å². The summed E-state index contributed by atoms with van der Waals surface area (Å²) in [7, 11) is 0. The second kappa shape index (κ2) is 5.98. The number of hydrogen-bond donors (Lipinski definition) is 0. The van der Waals surface area contributed by atoms with E-state index in [0.717, 1.165) is 5.56 Å². The first-order valence-electron chi connectivity index (χ1n) is 6.25. The first-order valence-corrected chi connectivity index (χ1v) is 6.25. The zero-order chi connectivity index (χ0) is 13.8. The van der Waals surface area contributed by atoms with Gasteiger partial charge in [0.2, 0.25) is 0 Å². The van der Waals surface area contributed by atoms with Gasteiger partial charge in [-0.2, -0.15) is 0 Å². The van der Waals surface area contributed by atoms with Crippen LogP contribution in [0.5, 0.6) is 0 Å². The van der Waals surface area contributed by atoms with Crippen molar-refractivity contribution in [1.82, 2.24) is 0 Å². The molecule has 18 heavy (non-hydrogen) atoms. The monoisotopic (exact) mass is 252 g/mol. The summed E-state index contributed by atoms with van der Waals surface area (Å²) in [5.41, 5.74) is 1.32. The van der Waals surface area contributed by atoms with Crippen LogP contribution in [0.4, 0.5) is 4.39 Å². The van der Waals surface area contributed by atoms with Crippen LogP contribution in [0.15, 0.2) is 18.2 Å². The van der Waals surface area contributed by atoms with E-state index in [1.54, 1.807) is 26.0 Å². The first-order chi connectivity index (χ1) is 8.34. The van der Waals surface area contributed by atoms with Gasteiger partial charge in [0.05, 0.1) is 13.0 Å². The molecule has 0 saturated carbocycles. The summed E-state index contributed by atoms with van der Waals surface area (Å²) in [4.78, 5) is 11.5. The lowest BCUT2D eigenvalue weighted by Crippen LogP contribution is -2.21. The Morgan fingerprint density at radius 2 is 2.06 bits per heavy atom. The van der Waals surface area contributed by atoms with Gasteiger partial charge in [-0.15, -0.1) is 0 Å². The van der Waals surface area contributed by atoms with E-state index in [2.05, 4.69) is 0 Å². The second-order valence-corrected chi connectivity index (χ2v) is 5.41. The van der Waals surface area contributed by atoms with Crippen molar-refractivity contribution in [3.05, 3.63) is 35.1 Å². The van der Waals surface area contributed by atoms with Crippen molar-refractivity contribution in [1.29, 1.82) is 0 Å². The summed E-state index contributed by atoms with van der Waals surface area (Å²) in [5, 5.41) is 0. The van der Waals surface area contributed by atoms with Crippen LogP contribution in [0.25, 0.3) is 0 Å². The third-order valence-corrected chi connectivity index (χ3v) is 2.85. The second-order valence-electron chi connectivity index (χ2n) is 5.41. The molecule has 1 aromatic rings. The summed E-state index contributed by atoms with van der Waals surface area (Å²) >= 11 is 0. The number of carbonyl (C=O) groups excluding carboxylic acids is 1. The summed E-state index contributed by atoms with van der Waals surface area (Å²) in [6, 6.07) is 5.22. The molecule has 0 radical (unpaired) electrons. The average Bonchev–Trinajstić information content (AvgIpc) is 2.22. The van der Waals surface area contributed by atoms with Crippen LogP contribution >= 0.6 is 0 Å². The molecule has 0 spiro atoms. The zero-order valence-electron chi connectivity index (χ0n) is 11.5. The van der Waals surface area contributed by atoms with E-state index in [1.165, 1.54) is 0 Å². The molecule has 0 aliphatic heterocycles. The minimum absolute atomic E-state index is 0.195. The molecular weight excluding hydrogens is 231 g/mol. The maximum absolute atomic E-state index is 13.4. The van der Waals surface area contributed by atoms with Crippen LogP contribution in [0.1, 0.15) is 38.3 Å². The van der Waals surface area contributed by atoms with E-state index in [4.69, 9.17) is 4.74 Å². The molecule has 0 fully saturated rings. The number of hydrogen-bond acceptors (Lipinski definition) is 2. The molecule has 1 rings (SSSR count). The van der Waals surface area contributed by atoms with Crippen LogP contribution in [0.2, 0.25) is 0 Å². The SMILES string of the molecule is CCOC(=O)CC(C)(C)Cc1ccc(C)c(F)c1. The molecule has 2 nitrogen and oxygen atoms in total. The van der Waals surface area contributed by atoms with Crippen molar-refractivity contribution in [3.63, 3.8) is 0 Å². The van der Waals surface area contributed by atoms with Gasteiger partial charge >= 0.3 is 5.97 Å². The first kappa shape index (κ1) is 14.7. The van der Waals surface area contributed by atoms with Crippen LogP contribution in [0, 0.1) is 18.2 Å². The van der Waals surface area contributed by atoms with E-state index in [1.807, 2.05) is 19.9 Å². The summed E-state index contributed by atoms with van der Waals surface area (Å²) in [6.45, 7) is 7.90. The van der Waals surface area contributed by atoms with Crippen molar-refractivity contribution >= 4 is 5.97 Å². The molecule has 0 aliphatic carbocycles. The van der Waals surface area contributed by atoms with Gasteiger partial charge in [-0.25, -0.2) is 4.39 Å². The van der Waals surface area contributed by atoms with Crippen LogP contribution in [-0.2, 0) is 16.0 Å². The standard InChI is InChI=1S/C15H21FO2/c1-5-18-14(17)10-15(3,4)9-12-7-6-11(2)13(16)8-12/h6-8H,5,9-10H2,1-4H3. The van der Waals surface area contributed by atoms with Gasteiger partial charge in [0.1, 0.15) is 5.82 Å². The minimum atomic E-state index is -0.228. The van der Waals surface area contributed by atoms with E-state index < -0.39 is 0 Å². The molecule has 100 valence electrons. The maximum Gasteiger partial charge on any atom is 0.306 e. The molecule has 0 saturated heterocycles. The average molecular weight is 252 g/mol. The molecule has 3 heteroatoms. The smallest absolute Gasteiger partial charge is 0.306 e. The van der Waals surface area contributed by atoms with Crippen LogP contribution in [-0.4, -0.2) is 12.6 Å². The Kier molecular flexibility index (Phi) is 4.88. The van der Waals surface area contributed by atoms with Gasteiger partial charge in [-0.3, -0.25) is 4.79 Å². The van der Waals surface area contributed by atoms with E-state index in [9.17, 15) is 9.18 Å². The summed E-state index contributed by atoms with van der Waals surface area (Å²) < 4.78 is 18.4. The third-order valence-electron chi connectivity index (χ3n) is 2.85. The number of benzene rings is 1. The number of carbonyl (C=O) groups is 1. The van der Waals surface area contributed by atoms with Crippen molar-refractivity contribution in [3.8, 4) is 0 Å². The molecule has 0 amide bonds. The summed E-state index contributed by atoms with van der Waals surface area (Å²) in [5.74, 6) is -0.394. The highest BCUT2D eigenvalue weighted by Gasteiger charge is 2.23. The lowest BCUT2D eigenvalue weighted by Gasteiger charge is -2.23.